The third-order valence-electron chi connectivity index (χ3n) is 3.47. The van der Waals surface area contributed by atoms with Crippen LogP contribution in [0.25, 0.3) is 0 Å². The van der Waals surface area contributed by atoms with E-state index in [1.807, 2.05) is 0 Å². The maximum absolute atomic E-state index is 13.2. The summed E-state index contributed by atoms with van der Waals surface area (Å²) in [6, 6.07) is 6.49. The van der Waals surface area contributed by atoms with Crippen LogP contribution in [0.4, 0.5) is 17.6 Å². The van der Waals surface area contributed by atoms with Crippen LogP contribution in [0.3, 0.4) is 0 Å². The van der Waals surface area contributed by atoms with Gasteiger partial charge in [0.1, 0.15) is 0 Å². The molecule has 1 N–H and O–H groups in total. The second-order valence-electron chi connectivity index (χ2n) is 5.20. The van der Waals surface area contributed by atoms with Crippen molar-refractivity contribution in [2.24, 2.45) is 0 Å². The molecule has 0 radical (unpaired) electrons. The summed E-state index contributed by atoms with van der Waals surface area (Å²) in [6.45, 7) is 1.54. The number of amides is 1. The van der Waals surface area contributed by atoms with E-state index in [0.717, 1.165) is 36.4 Å². The summed E-state index contributed by atoms with van der Waals surface area (Å²) in [5.41, 5.74) is 0.354. The summed E-state index contributed by atoms with van der Waals surface area (Å²) < 4.78 is 73.7. The highest BCUT2D eigenvalue weighted by Crippen LogP contribution is 2.20. The Morgan fingerprint density at radius 3 is 2.12 bits per heavy atom. The lowest BCUT2D eigenvalue weighted by Gasteiger charge is -2.15. The lowest BCUT2D eigenvalue weighted by molar-refractivity contribution is 0.0939. The molecule has 0 fully saturated rings. The maximum Gasteiger partial charge on any atom is 0.341 e. The van der Waals surface area contributed by atoms with E-state index in [-0.39, 0.29) is 5.56 Å². The van der Waals surface area contributed by atoms with E-state index in [1.54, 1.807) is 6.92 Å². The van der Waals surface area contributed by atoms with Crippen molar-refractivity contribution < 1.29 is 30.8 Å². The summed E-state index contributed by atoms with van der Waals surface area (Å²) >= 11 is 0. The van der Waals surface area contributed by atoms with Crippen LogP contribution in [-0.4, -0.2) is 20.1 Å². The SMILES string of the molecule is C[C@@H](NC(=O)c1ccc(S(=O)(=O)C(F)F)cc1)c1ccc(F)c(F)c1. The summed E-state index contributed by atoms with van der Waals surface area (Å²) in [5, 5.41) is 2.51. The van der Waals surface area contributed by atoms with Gasteiger partial charge in [0.15, 0.2) is 11.6 Å². The minimum absolute atomic E-state index is 0.0302. The molecule has 0 aliphatic carbocycles. The Bertz CT molecular complexity index is 883. The first kappa shape index (κ1) is 18.9. The Morgan fingerprint density at radius 1 is 1.00 bits per heavy atom. The molecule has 4 nitrogen and oxygen atoms in total. The highest BCUT2D eigenvalue weighted by Gasteiger charge is 2.26. The fourth-order valence-corrected chi connectivity index (χ4v) is 2.77. The van der Waals surface area contributed by atoms with Gasteiger partial charge in [-0.05, 0) is 48.9 Å². The molecule has 0 unspecified atom stereocenters. The molecular weight excluding hydrogens is 362 g/mol. The fraction of sp³-hybridized carbons (Fsp3) is 0.188. The van der Waals surface area contributed by atoms with Gasteiger partial charge in [-0.2, -0.15) is 8.78 Å². The van der Waals surface area contributed by atoms with Crippen molar-refractivity contribution in [1.82, 2.24) is 5.32 Å². The van der Waals surface area contributed by atoms with E-state index in [4.69, 9.17) is 0 Å². The molecule has 0 bridgehead atoms. The second-order valence-corrected chi connectivity index (χ2v) is 7.12. The van der Waals surface area contributed by atoms with E-state index >= 15 is 0 Å². The summed E-state index contributed by atoms with van der Waals surface area (Å²) in [6.07, 6.45) is 0. The number of hydrogen-bond acceptors (Lipinski definition) is 3. The van der Waals surface area contributed by atoms with E-state index in [2.05, 4.69) is 5.32 Å². The molecule has 2 rings (SSSR count). The average molecular weight is 375 g/mol. The molecule has 0 saturated heterocycles. The van der Waals surface area contributed by atoms with E-state index in [9.17, 15) is 30.8 Å². The van der Waals surface area contributed by atoms with Gasteiger partial charge in [0, 0.05) is 5.56 Å². The van der Waals surface area contributed by atoms with Crippen molar-refractivity contribution in [2.75, 3.05) is 0 Å². The first-order chi connectivity index (χ1) is 11.6. The standard InChI is InChI=1S/C16H13F4NO3S/c1-9(11-4-7-13(17)14(18)8-11)21-15(22)10-2-5-12(6-3-10)25(23,24)16(19)20/h2-9,16H,1H3,(H,21,22)/t9-/m1/s1. The van der Waals surface area contributed by atoms with Gasteiger partial charge in [0.25, 0.3) is 5.91 Å². The Kier molecular flexibility index (Phi) is 5.46. The molecule has 1 amide bonds. The Morgan fingerprint density at radius 2 is 1.60 bits per heavy atom. The zero-order valence-corrected chi connectivity index (χ0v) is 13.7. The smallest absolute Gasteiger partial charge is 0.341 e. The molecule has 2 aromatic rings. The van der Waals surface area contributed by atoms with Gasteiger partial charge in [-0.1, -0.05) is 6.07 Å². The Hall–Kier alpha value is -2.42. The van der Waals surface area contributed by atoms with Crippen molar-refractivity contribution >= 4 is 15.7 Å². The third kappa shape index (κ3) is 4.16. The number of hydrogen-bond donors (Lipinski definition) is 1. The number of carbonyl (C=O) groups excluding carboxylic acids is 1. The highest BCUT2D eigenvalue weighted by atomic mass is 32.2. The topological polar surface area (TPSA) is 63.2 Å². The van der Waals surface area contributed by atoms with Gasteiger partial charge >= 0.3 is 5.76 Å². The van der Waals surface area contributed by atoms with Crippen LogP contribution >= 0.6 is 0 Å². The normalized spacial score (nSPS) is 12.9. The molecule has 0 saturated carbocycles. The first-order valence-electron chi connectivity index (χ1n) is 7.01. The fourth-order valence-electron chi connectivity index (χ4n) is 2.04. The molecule has 25 heavy (non-hydrogen) atoms. The Balaban J connectivity index is 2.14. The Labute approximate surface area is 141 Å². The second kappa shape index (κ2) is 7.22. The number of rotatable bonds is 5. The summed E-state index contributed by atoms with van der Waals surface area (Å²) in [4.78, 5) is 11.5. The molecule has 134 valence electrons. The first-order valence-corrected chi connectivity index (χ1v) is 8.55. The zero-order valence-electron chi connectivity index (χ0n) is 12.8. The maximum atomic E-state index is 13.2. The number of benzene rings is 2. The van der Waals surface area contributed by atoms with Gasteiger partial charge in [0.05, 0.1) is 10.9 Å². The molecule has 2 aromatic carbocycles. The van der Waals surface area contributed by atoms with Gasteiger partial charge in [-0.3, -0.25) is 4.79 Å². The van der Waals surface area contributed by atoms with Gasteiger partial charge in [0.2, 0.25) is 9.84 Å². The van der Waals surface area contributed by atoms with E-state index < -0.39 is 44.1 Å². The molecule has 1 atom stereocenters. The minimum atomic E-state index is -4.74. The molecule has 9 heteroatoms. The molecular formula is C16H13F4NO3S. The van der Waals surface area contributed by atoms with Gasteiger partial charge < -0.3 is 5.32 Å². The largest absolute Gasteiger partial charge is 0.346 e. The molecule has 0 aromatic heterocycles. The number of halogens is 4. The lowest BCUT2D eigenvalue weighted by atomic mass is 10.1. The quantitative estimate of drug-likeness (QED) is 0.815. The number of sulfone groups is 1. The predicted octanol–water partition coefficient (Wildman–Crippen LogP) is 3.45. The molecule has 0 heterocycles. The molecule has 0 aliphatic rings. The third-order valence-corrected chi connectivity index (χ3v) is 4.87. The van der Waals surface area contributed by atoms with Crippen LogP contribution in [0.2, 0.25) is 0 Å². The van der Waals surface area contributed by atoms with Crippen molar-refractivity contribution in [2.45, 2.75) is 23.6 Å². The van der Waals surface area contributed by atoms with Crippen molar-refractivity contribution in [3.63, 3.8) is 0 Å². The zero-order chi connectivity index (χ0) is 18.8. The average Bonchev–Trinajstić information content (AvgIpc) is 2.57. The highest BCUT2D eigenvalue weighted by molar-refractivity contribution is 7.91. The van der Waals surface area contributed by atoms with Crippen LogP contribution in [0, 0.1) is 11.6 Å². The number of alkyl halides is 2. The van der Waals surface area contributed by atoms with Crippen molar-refractivity contribution in [3.05, 3.63) is 65.2 Å². The van der Waals surface area contributed by atoms with Gasteiger partial charge in [-0.25, -0.2) is 17.2 Å². The number of carbonyl (C=O) groups is 1. The summed E-state index contributed by atoms with van der Waals surface area (Å²) in [7, 11) is -4.74. The monoisotopic (exact) mass is 375 g/mol. The van der Waals surface area contributed by atoms with Crippen LogP contribution in [-0.2, 0) is 9.84 Å². The predicted molar refractivity (Wildman–Crippen MR) is 81.9 cm³/mol. The molecule has 0 spiro atoms. The van der Waals surface area contributed by atoms with Crippen LogP contribution in [0.15, 0.2) is 47.4 Å². The van der Waals surface area contributed by atoms with Crippen molar-refractivity contribution in [1.29, 1.82) is 0 Å². The van der Waals surface area contributed by atoms with Gasteiger partial charge in [-0.15, -0.1) is 0 Å². The van der Waals surface area contributed by atoms with Crippen molar-refractivity contribution in [3.8, 4) is 0 Å². The number of nitrogens with one attached hydrogen (secondary N) is 1. The van der Waals surface area contributed by atoms with E-state index in [1.165, 1.54) is 6.07 Å². The van der Waals surface area contributed by atoms with Crippen LogP contribution in [0.1, 0.15) is 28.9 Å². The van der Waals surface area contributed by atoms with Crippen LogP contribution in [0.5, 0.6) is 0 Å². The summed E-state index contributed by atoms with van der Waals surface area (Å²) in [5.74, 6) is -6.25. The lowest BCUT2D eigenvalue weighted by Crippen LogP contribution is -2.26. The van der Waals surface area contributed by atoms with Crippen LogP contribution < -0.4 is 5.32 Å². The van der Waals surface area contributed by atoms with E-state index in [0.29, 0.717) is 5.56 Å². The minimum Gasteiger partial charge on any atom is -0.346 e. The molecule has 0 aliphatic heterocycles.